The van der Waals surface area contributed by atoms with Crippen LogP contribution in [0.3, 0.4) is 0 Å². The van der Waals surface area contributed by atoms with Crippen molar-refractivity contribution in [1.29, 1.82) is 0 Å². The SMILES string of the molecule is CC(C)[O-].CC(C)[O-].CCC(C)(C)C(=O)CC(=O)OC.CCC(C)(C)C(=O)CC(=O)OC.[Zr+2]. The van der Waals surface area contributed by atoms with Gasteiger partial charge < -0.3 is 19.7 Å². The van der Waals surface area contributed by atoms with Crippen LogP contribution < -0.4 is 10.2 Å². The molecule has 0 radical (unpaired) electrons. The molecule has 0 N–H and O–H groups in total. The first kappa shape index (κ1) is 42.3. The third-order valence-electron chi connectivity index (χ3n) is 4.34. The minimum Gasteiger partial charge on any atom is -0.852 e. The van der Waals surface area contributed by atoms with Crippen LogP contribution in [0.5, 0.6) is 0 Å². The number of rotatable bonds is 8. The van der Waals surface area contributed by atoms with Crippen molar-refractivity contribution in [2.45, 2.75) is 107 Å². The summed E-state index contributed by atoms with van der Waals surface area (Å²) >= 11 is 0. The number of ether oxygens (including phenoxy) is 2. The van der Waals surface area contributed by atoms with Crippen LogP contribution in [-0.4, -0.2) is 49.9 Å². The molecule has 0 heterocycles. The quantitative estimate of drug-likeness (QED) is 0.331. The van der Waals surface area contributed by atoms with Crippen LogP contribution in [0.4, 0.5) is 0 Å². The van der Waals surface area contributed by atoms with Gasteiger partial charge in [0.25, 0.3) is 0 Å². The largest absolute Gasteiger partial charge is 2.00 e. The van der Waals surface area contributed by atoms with Gasteiger partial charge >= 0.3 is 38.1 Å². The van der Waals surface area contributed by atoms with Crippen LogP contribution in [0.25, 0.3) is 0 Å². The van der Waals surface area contributed by atoms with Crippen molar-refractivity contribution in [3.8, 4) is 0 Å². The van der Waals surface area contributed by atoms with Gasteiger partial charge in [-0.05, 0) is 12.8 Å². The van der Waals surface area contributed by atoms with Crippen molar-refractivity contribution in [3.63, 3.8) is 0 Å². The van der Waals surface area contributed by atoms with Crippen LogP contribution in [0.1, 0.15) is 94.9 Å². The number of hydrogen-bond acceptors (Lipinski definition) is 8. The van der Waals surface area contributed by atoms with E-state index in [9.17, 15) is 29.4 Å². The van der Waals surface area contributed by atoms with E-state index in [0.717, 1.165) is 12.8 Å². The van der Waals surface area contributed by atoms with E-state index in [0.29, 0.717) is 0 Å². The van der Waals surface area contributed by atoms with Gasteiger partial charge in [-0.2, -0.15) is 0 Å². The van der Waals surface area contributed by atoms with Gasteiger partial charge in [0.05, 0.1) is 14.2 Å². The van der Waals surface area contributed by atoms with Crippen molar-refractivity contribution in [2.75, 3.05) is 14.2 Å². The molecule has 0 atom stereocenters. The van der Waals surface area contributed by atoms with Gasteiger partial charge in [-0.3, -0.25) is 19.2 Å². The zero-order valence-corrected chi connectivity index (χ0v) is 25.2. The predicted octanol–water partition coefficient (Wildman–Crippen LogP) is 2.62. The summed E-state index contributed by atoms with van der Waals surface area (Å²) in [6.07, 6.45) is 0.417. The molecule has 0 aliphatic carbocycles. The Morgan fingerprint density at radius 2 is 0.848 bits per heavy atom. The minimum absolute atomic E-state index is 0. The molecule has 0 saturated carbocycles. The molecule has 0 amide bonds. The Balaban J connectivity index is -0.000000117. The number of carbonyl (C=O) groups excluding carboxylic acids is 4. The molecule has 0 spiro atoms. The number of hydrogen-bond donors (Lipinski definition) is 0. The number of Topliss-reactive ketones (excluding diaryl/α,β-unsaturated/α-hetero) is 2. The van der Waals surface area contributed by atoms with E-state index in [2.05, 4.69) is 9.47 Å². The Labute approximate surface area is 220 Å². The van der Waals surface area contributed by atoms with E-state index in [1.54, 1.807) is 27.7 Å². The molecule has 0 aromatic carbocycles. The van der Waals surface area contributed by atoms with Gasteiger partial charge in [-0.25, -0.2) is 0 Å². The van der Waals surface area contributed by atoms with Crippen molar-refractivity contribution in [3.05, 3.63) is 0 Å². The first-order valence-corrected chi connectivity index (χ1v) is 10.9. The monoisotopic (exact) mass is 552 g/mol. The third-order valence-corrected chi connectivity index (χ3v) is 4.34. The predicted molar refractivity (Wildman–Crippen MR) is 122 cm³/mol. The van der Waals surface area contributed by atoms with Gasteiger partial charge in [0, 0.05) is 10.8 Å². The summed E-state index contributed by atoms with van der Waals surface area (Å²) in [7, 11) is 2.57. The van der Waals surface area contributed by atoms with Crippen LogP contribution in [0.2, 0.25) is 0 Å². The summed E-state index contributed by atoms with van der Waals surface area (Å²) in [5, 5.41) is 19.1. The Morgan fingerprint density at radius 3 is 0.970 bits per heavy atom. The Hall–Kier alpha value is -0.917. The van der Waals surface area contributed by atoms with Crippen molar-refractivity contribution >= 4 is 23.5 Å². The maximum atomic E-state index is 11.4. The Kier molecular flexibility index (Phi) is 29.3. The zero-order chi connectivity index (χ0) is 26.7. The number of methoxy groups -OCH3 is 2. The molecule has 0 unspecified atom stereocenters. The van der Waals surface area contributed by atoms with Crippen LogP contribution in [0, 0.1) is 10.8 Å². The average Bonchev–Trinajstić information content (AvgIpc) is 2.67. The van der Waals surface area contributed by atoms with E-state index in [1.807, 2.05) is 41.5 Å². The summed E-state index contributed by atoms with van der Waals surface area (Å²) < 4.78 is 8.80. The molecule has 194 valence electrons. The van der Waals surface area contributed by atoms with Crippen molar-refractivity contribution in [2.24, 2.45) is 10.8 Å². The fourth-order valence-electron chi connectivity index (χ4n) is 1.28. The van der Waals surface area contributed by atoms with Gasteiger partial charge in [-0.15, -0.1) is 12.2 Å². The Morgan fingerprint density at radius 1 is 0.667 bits per heavy atom. The third kappa shape index (κ3) is 31.1. The molecule has 8 nitrogen and oxygen atoms in total. The van der Waals surface area contributed by atoms with Crippen LogP contribution >= 0.6 is 0 Å². The molecule has 0 fully saturated rings. The first-order chi connectivity index (χ1) is 14.3. The maximum Gasteiger partial charge on any atom is 2.00 e. The normalized spacial score (nSPS) is 10.2. The van der Waals surface area contributed by atoms with Gasteiger partial charge in [-0.1, -0.05) is 69.2 Å². The van der Waals surface area contributed by atoms with Crippen LogP contribution in [-0.2, 0) is 54.9 Å². The minimum atomic E-state index is -0.457. The fourth-order valence-corrected chi connectivity index (χ4v) is 1.28. The van der Waals surface area contributed by atoms with E-state index < -0.39 is 35.0 Å². The Bertz CT molecular complexity index is 487. The standard InChI is InChI=1S/2C9H16O3.2C3H7O.Zr/c2*1-5-9(2,3)7(10)6-8(11)12-4;2*1-3(2)4;/h2*5-6H2,1-4H3;2*3H,1-2H3;/q;;2*-1;+2. The van der Waals surface area contributed by atoms with Crippen LogP contribution in [0.15, 0.2) is 0 Å². The second kappa shape index (κ2) is 22.9. The molecule has 0 aromatic rings. The number of carbonyl (C=O) groups is 4. The average molecular weight is 554 g/mol. The smallest absolute Gasteiger partial charge is 0.852 e. The topological polar surface area (TPSA) is 133 Å². The van der Waals surface area contributed by atoms with Crippen molar-refractivity contribution in [1.82, 2.24) is 0 Å². The summed E-state index contributed by atoms with van der Waals surface area (Å²) in [6.45, 7) is 17.6. The first-order valence-electron chi connectivity index (χ1n) is 10.9. The van der Waals surface area contributed by atoms with E-state index in [-0.39, 0.29) is 50.6 Å². The molecule has 0 aliphatic rings. The van der Waals surface area contributed by atoms with Crippen molar-refractivity contribution < 1.29 is 65.1 Å². The zero-order valence-electron chi connectivity index (χ0n) is 22.7. The molecule has 0 aromatic heterocycles. The van der Waals surface area contributed by atoms with E-state index in [4.69, 9.17) is 0 Å². The molecule has 0 rings (SSSR count). The second-order valence-corrected chi connectivity index (χ2v) is 8.92. The summed E-state index contributed by atoms with van der Waals surface area (Å²) in [5.74, 6) is -1.03. The van der Waals surface area contributed by atoms with Gasteiger partial charge in [0.1, 0.15) is 24.4 Å². The molecule has 33 heavy (non-hydrogen) atoms. The number of esters is 2. The maximum absolute atomic E-state index is 11.4. The molecule has 9 heteroatoms. The molecular weight excluding hydrogens is 507 g/mol. The molecule has 0 bridgehead atoms. The molecular formula is C24H46O8Zr. The molecule has 0 aliphatic heterocycles. The number of ketones is 2. The second-order valence-electron chi connectivity index (χ2n) is 8.92. The summed E-state index contributed by atoms with van der Waals surface area (Å²) in [5.41, 5.74) is -0.817. The van der Waals surface area contributed by atoms with E-state index in [1.165, 1.54) is 14.2 Å². The van der Waals surface area contributed by atoms with Gasteiger partial charge in [0.2, 0.25) is 0 Å². The van der Waals surface area contributed by atoms with E-state index >= 15 is 0 Å². The summed E-state index contributed by atoms with van der Waals surface area (Å²) in [4.78, 5) is 44.2. The summed E-state index contributed by atoms with van der Waals surface area (Å²) in [6, 6.07) is 0. The van der Waals surface area contributed by atoms with Gasteiger partial charge in [0.15, 0.2) is 0 Å². The fraction of sp³-hybridized carbons (Fsp3) is 0.833. The molecule has 0 saturated heterocycles.